The number of hydrogen-bond donors (Lipinski definition) is 1. The summed E-state index contributed by atoms with van der Waals surface area (Å²) in [5.74, 6) is -1.68. The fraction of sp³-hybridized carbons (Fsp3) is 0.467. The van der Waals surface area contributed by atoms with Crippen LogP contribution in [0.1, 0.15) is 18.4 Å². The lowest BCUT2D eigenvalue weighted by Gasteiger charge is -2.37. The van der Waals surface area contributed by atoms with Crippen LogP contribution in [-0.4, -0.2) is 41.8 Å². The van der Waals surface area contributed by atoms with E-state index < -0.39 is 18.0 Å². The fourth-order valence-corrected chi connectivity index (χ4v) is 2.76. The maximum Gasteiger partial charge on any atom is 0.409 e. The van der Waals surface area contributed by atoms with Gasteiger partial charge in [0.05, 0.1) is 13.0 Å². The number of methoxy groups -OCH3 is 1. The van der Waals surface area contributed by atoms with E-state index in [0.29, 0.717) is 25.8 Å². The summed E-state index contributed by atoms with van der Waals surface area (Å²) in [6, 6.07) is 5.82. The van der Waals surface area contributed by atoms with Crippen molar-refractivity contribution in [1.29, 1.82) is 0 Å². The largest absolute Gasteiger partial charge is 0.481 e. The Labute approximate surface area is 122 Å². The number of ether oxygens (including phenoxy) is 1. The monoisotopic (exact) mass is 295 g/mol. The minimum Gasteiger partial charge on any atom is -0.481 e. The molecule has 0 bridgehead atoms. The first-order valence-electron chi connectivity index (χ1n) is 6.83. The molecular formula is C15H18FNO4. The van der Waals surface area contributed by atoms with Crippen LogP contribution < -0.4 is 0 Å². The Morgan fingerprint density at radius 1 is 1.48 bits per heavy atom. The summed E-state index contributed by atoms with van der Waals surface area (Å²) in [5, 5.41) is 9.15. The number of carboxylic acid groups (broad SMARTS) is 1. The minimum atomic E-state index is -0.858. The van der Waals surface area contributed by atoms with Gasteiger partial charge in [0.25, 0.3) is 0 Å². The molecule has 1 aromatic carbocycles. The highest BCUT2D eigenvalue weighted by atomic mass is 19.1. The number of rotatable bonds is 3. The van der Waals surface area contributed by atoms with Crippen molar-refractivity contribution in [3.63, 3.8) is 0 Å². The zero-order valence-corrected chi connectivity index (χ0v) is 11.8. The summed E-state index contributed by atoms with van der Waals surface area (Å²) < 4.78 is 18.0. The van der Waals surface area contributed by atoms with Crippen LogP contribution in [-0.2, 0) is 16.0 Å². The van der Waals surface area contributed by atoms with Crippen LogP contribution in [0.4, 0.5) is 9.18 Å². The number of carbonyl (C=O) groups is 2. The lowest BCUT2D eigenvalue weighted by molar-refractivity contribution is -0.144. The molecule has 0 aliphatic carbocycles. The lowest BCUT2D eigenvalue weighted by Crippen LogP contribution is -2.48. The highest BCUT2D eigenvalue weighted by Crippen LogP contribution is 2.26. The van der Waals surface area contributed by atoms with Gasteiger partial charge in [0.15, 0.2) is 0 Å². The Balaban J connectivity index is 2.16. The number of carboxylic acids is 1. The van der Waals surface area contributed by atoms with Gasteiger partial charge in [0.2, 0.25) is 0 Å². The molecule has 0 saturated carbocycles. The van der Waals surface area contributed by atoms with Crippen molar-refractivity contribution in [3.05, 3.63) is 35.6 Å². The highest BCUT2D eigenvalue weighted by molar-refractivity contribution is 5.72. The Morgan fingerprint density at radius 2 is 2.24 bits per heavy atom. The van der Waals surface area contributed by atoms with E-state index in [1.54, 1.807) is 12.1 Å². The van der Waals surface area contributed by atoms with Crippen molar-refractivity contribution in [3.8, 4) is 0 Å². The first-order chi connectivity index (χ1) is 10.0. The third-order valence-electron chi connectivity index (χ3n) is 3.83. The van der Waals surface area contributed by atoms with E-state index >= 15 is 0 Å². The van der Waals surface area contributed by atoms with Crippen molar-refractivity contribution in [2.24, 2.45) is 5.92 Å². The smallest absolute Gasteiger partial charge is 0.409 e. The summed E-state index contributed by atoms with van der Waals surface area (Å²) in [6.07, 6.45) is 0.696. The van der Waals surface area contributed by atoms with Crippen molar-refractivity contribution in [2.75, 3.05) is 13.7 Å². The van der Waals surface area contributed by atoms with Crippen LogP contribution >= 0.6 is 0 Å². The molecule has 1 aliphatic heterocycles. The molecule has 1 saturated heterocycles. The number of nitrogens with zero attached hydrogens (tertiary/aromatic N) is 1. The van der Waals surface area contributed by atoms with Crippen LogP contribution in [0.15, 0.2) is 24.3 Å². The molecule has 2 atom stereocenters. The summed E-state index contributed by atoms with van der Waals surface area (Å²) in [6.45, 7) is 0.337. The average Bonchev–Trinajstić information content (AvgIpc) is 2.46. The molecule has 1 aliphatic rings. The molecule has 1 amide bonds. The van der Waals surface area contributed by atoms with Gasteiger partial charge in [-0.3, -0.25) is 4.79 Å². The molecule has 1 fully saturated rings. The van der Waals surface area contributed by atoms with Gasteiger partial charge < -0.3 is 14.7 Å². The number of amides is 1. The molecule has 1 aromatic rings. The maximum atomic E-state index is 13.2. The third kappa shape index (κ3) is 3.71. The van der Waals surface area contributed by atoms with Crippen LogP contribution in [0, 0.1) is 11.7 Å². The molecule has 0 aromatic heterocycles. The Kier molecular flexibility index (Phi) is 4.77. The van der Waals surface area contributed by atoms with E-state index in [1.165, 1.54) is 24.1 Å². The molecule has 114 valence electrons. The molecule has 2 unspecified atom stereocenters. The number of carbonyl (C=O) groups excluding carboxylic acids is 1. The van der Waals surface area contributed by atoms with Crippen molar-refractivity contribution < 1.29 is 23.8 Å². The zero-order valence-electron chi connectivity index (χ0n) is 11.8. The van der Waals surface area contributed by atoms with E-state index in [2.05, 4.69) is 0 Å². The fourth-order valence-electron chi connectivity index (χ4n) is 2.76. The van der Waals surface area contributed by atoms with E-state index in [-0.39, 0.29) is 11.9 Å². The first kappa shape index (κ1) is 15.3. The maximum absolute atomic E-state index is 13.2. The van der Waals surface area contributed by atoms with Gasteiger partial charge in [0, 0.05) is 12.6 Å². The second-order valence-electron chi connectivity index (χ2n) is 5.21. The molecule has 1 N–H and O–H groups in total. The summed E-state index contributed by atoms with van der Waals surface area (Å²) in [5.41, 5.74) is 0.736. The van der Waals surface area contributed by atoms with E-state index in [0.717, 1.165) is 5.56 Å². The van der Waals surface area contributed by atoms with Gasteiger partial charge in [-0.15, -0.1) is 0 Å². The normalized spacial score (nSPS) is 21.9. The van der Waals surface area contributed by atoms with Gasteiger partial charge in [0.1, 0.15) is 5.82 Å². The van der Waals surface area contributed by atoms with Crippen LogP contribution in [0.25, 0.3) is 0 Å². The predicted molar refractivity (Wildman–Crippen MR) is 73.4 cm³/mol. The topological polar surface area (TPSA) is 66.8 Å². The predicted octanol–water partition coefficient (Wildman–Crippen LogP) is 2.30. The van der Waals surface area contributed by atoms with Gasteiger partial charge in [-0.2, -0.15) is 0 Å². The quantitative estimate of drug-likeness (QED) is 0.929. The highest BCUT2D eigenvalue weighted by Gasteiger charge is 2.35. The molecule has 0 radical (unpaired) electrons. The van der Waals surface area contributed by atoms with Crippen molar-refractivity contribution in [2.45, 2.75) is 25.3 Å². The molecular weight excluding hydrogens is 277 g/mol. The first-order valence-corrected chi connectivity index (χ1v) is 6.83. The average molecular weight is 295 g/mol. The zero-order chi connectivity index (χ0) is 15.4. The molecule has 2 rings (SSSR count). The second-order valence-corrected chi connectivity index (χ2v) is 5.21. The third-order valence-corrected chi connectivity index (χ3v) is 3.83. The number of benzene rings is 1. The summed E-state index contributed by atoms with van der Waals surface area (Å²) in [4.78, 5) is 24.5. The van der Waals surface area contributed by atoms with Gasteiger partial charge >= 0.3 is 12.1 Å². The van der Waals surface area contributed by atoms with Crippen LogP contribution in [0.5, 0.6) is 0 Å². The van der Waals surface area contributed by atoms with Gasteiger partial charge in [-0.1, -0.05) is 12.1 Å². The molecule has 5 nitrogen and oxygen atoms in total. The van der Waals surface area contributed by atoms with Crippen LogP contribution in [0.2, 0.25) is 0 Å². The molecule has 1 heterocycles. The molecule has 6 heteroatoms. The molecule has 0 spiro atoms. The number of piperidine rings is 1. The van der Waals surface area contributed by atoms with Gasteiger partial charge in [-0.05, 0) is 37.0 Å². The number of likely N-dealkylation sites (tertiary alicyclic amines) is 1. The van der Waals surface area contributed by atoms with Crippen molar-refractivity contribution in [1.82, 2.24) is 4.90 Å². The number of aliphatic carboxylic acids is 1. The SMILES string of the molecule is COC(=O)N1CCC(C(=O)O)CC1Cc1cccc(F)c1. The Morgan fingerprint density at radius 3 is 2.86 bits per heavy atom. The standard InChI is InChI=1S/C15H18FNO4/c1-21-15(20)17-6-5-11(14(18)19)9-13(17)8-10-3-2-4-12(16)7-10/h2-4,7,11,13H,5-6,8-9H2,1H3,(H,18,19). The van der Waals surface area contributed by atoms with Gasteiger partial charge in [-0.25, -0.2) is 9.18 Å². The lowest BCUT2D eigenvalue weighted by atomic mass is 9.88. The van der Waals surface area contributed by atoms with E-state index in [1.807, 2.05) is 0 Å². The van der Waals surface area contributed by atoms with Crippen molar-refractivity contribution >= 4 is 12.1 Å². The number of hydrogen-bond acceptors (Lipinski definition) is 3. The second kappa shape index (κ2) is 6.56. The Hall–Kier alpha value is -2.11. The van der Waals surface area contributed by atoms with E-state index in [4.69, 9.17) is 9.84 Å². The van der Waals surface area contributed by atoms with E-state index in [9.17, 15) is 14.0 Å². The Bertz CT molecular complexity index is 534. The summed E-state index contributed by atoms with van der Waals surface area (Å²) >= 11 is 0. The molecule has 21 heavy (non-hydrogen) atoms. The minimum absolute atomic E-state index is 0.297. The van der Waals surface area contributed by atoms with Crippen LogP contribution in [0.3, 0.4) is 0 Å². The summed E-state index contributed by atoms with van der Waals surface area (Å²) in [7, 11) is 1.30. The number of halogens is 1.